The summed E-state index contributed by atoms with van der Waals surface area (Å²) in [6, 6.07) is 11.5. The maximum absolute atomic E-state index is 14.1. The zero-order valence-electron chi connectivity index (χ0n) is 19.3. The molecular weight excluding hydrogens is 539 g/mol. The van der Waals surface area contributed by atoms with Crippen LogP contribution in [0.25, 0.3) is 0 Å². The third kappa shape index (κ3) is 6.78. The van der Waals surface area contributed by atoms with E-state index in [1.165, 1.54) is 18.2 Å². The standard InChI is InChI=1S/C24H31F2N5O.HI/c1-4-30(5-2)23(32)18-11-9-17(10-12-18)15-28-24(27-3)29-19-13-14-31(16-19)22-20(25)7-6-8-21(22)26;/h6-12,19H,4-5,13-16H2,1-3H3,(H2,27,28,29);1H. The number of aliphatic imine (C=N–C) groups is 1. The molecule has 1 unspecified atom stereocenters. The number of amides is 1. The SMILES string of the molecule is CCN(CC)C(=O)c1ccc(CNC(=NC)NC2CCN(c3c(F)cccc3F)C2)cc1.I. The van der Waals surface area contributed by atoms with Crippen molar-refractivity contribution in [1.82, 2.24) is 15.5 Å². The van der Waals surface area contributed by atoms with Crippen molar-refractivity contribution in [2.24, 2.45) is 4.99 Å². The summed E-state index contributed by atoms with van der Waals surface area (Å²) in [7, 11) is 1.68. The highest BCUT2D eigenvalue weighted by molar-refractivity contribution is 14.0. The number of halogens is 3. The van der Waals surface area contributed by atoms with E-state index in [1.807, 2.05) is 38.1 Å². The normalized spacial score (nSPS) is 15.7. The molecule has 0 saturated carbocycles. The lowest BCUT2D eigenvalue weighted by Crippen LogP contribution is -2.44. The highest BCUT2D eigenvalue weighted by atomic mass is 127. The summed E-state index contributed by atoms with van der Waals surface area (Å²) in [5, 5.41) is 6.59. The Hall–Kier alpha value is -2.43. The van der Waals surface area contributed by atoms with Crippen LogP contribution in [0.1, 0.15) is 36.2 Å². The topological polar surface area (TPSA) is 60.0 Å². The van der Waals surface area contributed by atoms with Gasteiger partial charge in [-0.3, -0.25) is 9.79 Å². The quantitative estimate of drug-likeness (QED) is 0.300. The molecule has 0 bridgehead atoms. The van der Waals surface area contributed by atoms with Gasteiger partial charge in [-0.25, -0.2) is 8.78 Å². The minimum absolute atomic E-state index is 0. The maximum Gasteiger partial charge on any atom is 0.253 e. The van der Waals surface area contributed by atoms with Crippen molar-refractivity contribution in [1.29, 1.82) is 0 Å². The predicted molar refractivity (Wildman–Crippen MR) is 139 cm³/mol. The largest absolute Gasteiger partial charge is 0.365 e. The van der Waals surface area contributed by atoms with Crippen LogP contribution in [0.4, 0.5) is 14.5 Å². The lowest BCUT2D eigenvalue weighted by molar-refractivity contribution is 0.0773. The van der Waals surface area contributed by atoms with Gasteiger partial charge in [-0.05, 0) is 50.1 Å². The Kier molecular flexibility index (Phi) is 10.3. The second-order valence-corrected chi connectivity index (χ2v) is 7.75. The van der Waals surface area contributed by atoms with Gasteiger partial charge in [0.2, 0.25) is 0 Å². The van der Waals surface area contributed by atoms with E-state index in [4.69, 9.17) is 0 Å². The molecule has 0 aliphatic carbocycles. The molecule has 9 heteroatoms. The Morgan fingerprint density at radius 3 is 2.33 bits per heavy atom. The number of rotatable bonds is 7. The van der Waals surface area contributed by atoms with Gasteiger partial charge in [0.15, 0.2) is 5.96 Å². The molecule has 1 heterocycles. The van der Waals surface area contributed by atoms with Crippen molar-refractivity contribution in [2.75, 3.05) is 38.1 Å². The van der Waals surface area contributed by atoms with Gasteiger partial charge < -0.3 is 20.4 Å². The minimum atomic E-state index is -0.545. The monoisotopic (exact) mass is 571 g/mol. The maximum atomic E-state index is 14.1. The first-order valence-corrected chi connectivity index (χ1v) is 11.0. The highest BCUT2D eigenvalue weighted by Gasteiger charge is 2.27. The number of carbonyl (C=O) groups is 1. The van der Waals surface area contributed by atoms with Crippen LogP contribution in [0.15, 0.2) is 47.5 Å². The summed E-state index contributed by atoms with van der Waals surface area (Å²) in [6.45, 7) is 6.89. The van der Waals surface area contributed by atoms with E-state index < -0.39 is 11.6 Å². The second-order valence-electron chi connectivity index (χ2n) is 7.75. The van der Waals surface area contributed by atoms with Crippen LogP contribution in [0.5, 0.6) is 0 Å². The van der Waals surface area contributed by atoms with Crippen LogP contribution < -0.4 is 15.5 Å². The van der Waals surface area contributed by atoms with Crippen molar-refractivity contribution in [3.8, 4) is 0 Å². The summed E-state index contributed by atoms with van der Waals surface area (Å²) >= 11 is 0. The van der Waals surface area contributed by atoms with E-state index in [0.717, 1.165) is 12.0 Å². The van der Waals surface area contributed by atoms with Gasteiger partial charge in [-0.1, -0.05) is 18.2 Å². The first-order chi connectivity index (χ1) is 15.5. The molecule has 1 aliphatic heterocycles. The van der Waals surface area contributed by atoms with Gasteiger partial charge >= 0.3 is 0 Å². The Morgan fingerprint density at radius 2 is 1.76 bits per heavy atom. The second kappa shape index (κ2) is 12.7. The summed E-state index contributed by atoms with van der Waals surface area (Å²) in [4.78, 5) is 20.2. The highest BCUT2D eigenvalue weighted by Crippen LogP contribution is 2.26. The van der Waals surface area contributed by atoms with Crippen molar-refractivity contribution in [3.05, 3.63) is 65.2 Å². The van der Waals surface area contributed by atoms with Crippen LogP contribution in [-0.4, -0.2) is 56.0 Å². The number of carbonyl (C=O) groups excluding carboxylic acids is 1. The van der Waals surface area contributed by atoms with Crippen molar-refractivity contribution in [2.45, 2.75) is 32.9 Å². The van der Waals surface area contributed by atoms with Gasteiger partial charge in [0.25, 0.3) is 5.91 Å². The van der Waals surface area contributed by atoms with Gasteiger partial charge in [0, 0.05) is 51.4 Å². The summed E-state index contributed by atoms with van der Waals surface area (Å²) in [5.74, 6) is -0.439. The lowest BCUT2D eigenvalue weighted by Gasteiger charge is -2.21. The first-order valence-electron chi connectivity index (χ1n) is 11.0. The zero-order valence-corrected chi connectivity index (χ0v) is 21.6. The molecule has 3 rings (SSSR count). The molecule has 6 nitrogen and oxygen atoms in total. The van der Waals surface area contributed by atoms with Crippen molar-refractivity contribution in [3.63, 3.8) is 0 Å². The number of anilines is 1. The van der Waals surface area contributed by atoms with Crippen molar-refractivity contribution < 1.29 is 13.6 Å². The number of nitrogens with zero attached hydrogens (tertiary/aromatic N) is 3. The van der Waals surface area contributed by atoms with Crippen molar-refractivity contribution >= 4 is 41.5 Å². The molecule has 0 aromatic heterocycles. The fraction of sp³-hybridized carbons (Fsp3) is 0.417. The fourth-order valence-corrected chi connectivity index (χ4v) is 3.90. The van der Waals surface area contributed by atoms with Gasteiger partial charge in [0.1, 0.15) is 17.3 Å². The molecular formula is C24H32F2IN5O. The van der Waals surface area contributed by atoms with Crippen LogP contribution >= 0.6 is 24.0 Å². The van der Waals surface area contributed by atoms with Crippen LogP contribution in [0, 0.1) is 11.6 Å². The number of hydrogen-bond acceptors (Lipinski definition) is 3. The molecule has 1 saturated heterocycles. The molecule has 2 N–H and O–H groups in total. The number of hydrogen-bond donors (Lipinski definition) is 2. The third-order valence-corrected chi connectivity index (χ3v) is 5.72. The number of nitrogens with one attached hydrogen (secondary N) is 2. The van der Waals surface area contributed by atoms with E-state index >= 15 is 0 Å². The average molecular weight is 571 g/mol. The summed E-state index contributed by atoms with van der Waals surface area (Å²) < 4.78 is 28.1. The Morgan fingerprint density at radius 1 is 1.12 bits per heavy atom. The summed E-state index contributed by atoms with van der Waals surface area (Å²) in [5.41, 5.74) is 1.72. The molecule has 1 atom stereocenters. The smallest absolute Gasteiger partial charge is 0.253 e. The molecule has 1 aliphatic rings. The first kappa shape index (κ1) is 26.8. The van der Waals surface area contributed by atoms with E-state index in [1.54, 1.807) is 16.8 Å². The number of para-hydroxylation sites is 1. The van der Waals surface area contributed by atoms with Gasteiger partial charge in [-0.15, -0.1) is 24.0 Å². The molecule has 1 fully saturated rings. The van der Waals surface area contributed by atoms with E-state index in [-0.39, 0.29) is 41.6 Å². The van der Waals surface area contributed by atoms with E-state index in [0.29, 0.717) is 44.2 Å². The van der Waals surface area contributed by atoms with Gasteiger partial charge in [0.05, 0.1) is 0 Å². The molecule has 2 aromatic carbocycles. The lowest BCUT2D eigenvalue weighted by atomic mass is 10.1. The fourth-order valence-electron chi connectivity index (χ4n) is 3.90. The Bertz CT molecular complexity index is 930. The molecule has 33 heavy (non-hydrogen) atoms. The Balaban J connectivity index is 0.00000385. The molecule has 1 amide bonds. The molecule has 0 radical (unpaired) electrons. The van der Waals surface area contributed by atoms with E-state index in [9.17, 15) is 13.6 Å². The zero-order chi connectivity index (χ0) is 23.1. The van der Waals surface area contributed by atoms with Crippen LogP contribution in [-0.2, 0) is 6.54 Å². The minimum Gasteiger partial charge on any atom is -0.365 e. The molecule has 0 spiro atoms. The Labute approximate surface area is 211 Å². The van der Waals surface area contributed by atoms with Gasteiger partial charge in [-0.2, -0.15) is 0 Å². The number of benzene rings is 2. The predicted octanol–water partition coefficient (Wildman–Crippen LogP) is 4.01. The average Bonchev–Trinajstić information content (AvgIpc) is 3.25. The summed E-state index contributed by atoms with van der Waals surface area (Å²) in [6.07, 6.45) is 0.747. The third-order valence-electron chi connectivity index (χ3n) is 5.72. The number of guanidine groups is 1. The van der Waals surface area contributed by atoms with Crippen LogP contribution in [0.2, 0.25) is 0 Å². The molecule has 2 aromatic rings. The molecule has 180 valence electrons. The van der Waals surface area contributed by atoms with Crippen LogP contribution in [0.3, 0.4) is 0 Å². The van der Waals surface area contributed by atoms with E-state index in [2.05, 4.69) is 15.6 Å².